The van der Waals surface area contributed by atoms with Crippen molar-refractivity contribution in [3.63, 3.8) is 0 Å². The van der Waals surface area contributed by atoms with Crippen LogP contribution in [0.3, 0.4) is 0 Å². The van der Waals surface area contributed by atoms with Crippen LogP contribution in [-0.4, -0.2) is 51.6 Å². The Hall–Kier alpha value is -3.01. The minimum Gasteiger partial charge on any atom is -0.457 e. The molecule has 9 heteroatoms. The Bertz CT molecular complexity index is 1280. The Labute approximate surface area is 199 Å². The van der Waals surface area contributed by atoms with E-state index in [0.717, 1.165) is 35.1 Å². The quantitative estimate of drug-likeness (QED) is 0.239. The largest absolute Gasteiger partial charge is 0.457 e. The highest BCUT2D eigenvalue weighted by Gasteiger charge is 2.18. The molecule has 182 valence electrons. The second kappa shape index (κ2) is 11.4. The van der Waals surface area contributed by atoms with E-state index in [2.05, 4.69) is 4.72 Å². The van der Waals surface area contributed by atoms with E-state index in [9.17, 15) is 18.0 Å². The number of esters is 1. The van der Waals surface area contributed by atoms with Gasteiger partial charge < -0.3 is 14.0 Å². The van der Waals surface area contributed by atoms with Crippen LogP contribution in [0.1, 0.15) is 34.6 Å². The molecule has 0 fully saturated rings. The molecule has 0 saturated carbocycles. The molecule has 1 heterocycles. The van der Waals surface area contributed by atoms with Gasteiger partial charge in [0, 0.05) is 43.8 Å². The number of aryl methyl sites for hydroxylation is 1. The molecule has 0 amide bonds. The van der Waals surface area contributed by atoms with E-state index in [4.69, 9.17) is 9.47 Å². The molecule has 0 aliphatic rings. The molecule has 3 rings (SSSR count). The van der Waals surface area contributed by atoms with Gasteiger partial charge in [0.1, 0.15) is 0 Å². The SMILES string of the molecule is COCCCn1c(C)cc(C(=O)COC(=O)CCNS(=O)(=O)c2ccc3ccccc3c2)c1C. The maximum Gasteiger partial charge on any atom is 0.307 e. The Morgan fingerprint density at radius 1 is 1.03 bits per heavy atom. The third-order valence-corrected chi connectivity index (χ3v) is 7.08. The van der Waals surface area contributed by atoms with Gasteiger partial charge >= 0.3 is 5.97 Å². The molecule has 2 aromatic carbocycles. The first-order valence-corrected chi connectivity index (χ1v) is 12.5. The van der Waals surface area contributed by atoms with Crippen LogP contribution in [0, 0.1) is 13.8 Å². The summed E-state index contributed by atoms with van der Waals surface area (Å²) in [6, 6.07) is 14.1. The number of benzene rings is 2. The fraction of sp³-hybridized carbons (Fsp3) is 0.360. The average molecular weight is 487 g/mol. The van der Waals surface area contributed by atoms with Crippen molar-refractivity contribution in [3.05, 3.63) is 65.5 Å². The fourth-order valence-electron chi connectivity index (χ4n) is 3.80. The highest BCUT2D eigenvalue weighted by molar-refractivity contribution is 7.89. The second-order valence-corrected chi connectivity index (χ2v) is 9.79. The molecule has 0 bridgehead atoms. The average Bonchev–Trinajstić information content (AvgIpc) is 3.10. The number of ketones is 1. The predicted octanol–water partition coefficient (Wildman–Crippen LogP) is 3.39. The summed E-state index contributed by atoms with van der Waals surface area (Å²) < 4.78 is 39.7. The van der Waals surface area contributed by atoms with Crippen LogP contribution in [0.15, 0.2) is 53.4 Å². The molecule has 0 unspecified atom stereocenters. The molecule has 0 radical (unpaired) electrons. The van der Waals surface area contributed by atoms with Crippen molar-refractivity contribution in [2.24, 2.45) is 0 Å². The first-order valence-electron chi connectivity index (χ1n) is 11.1. The minimum absolute atomic E-state index is 0.121. The molecule has 0 saturated heterocycles. The van der Waals surface area contributed by atoms with Gasteiger partial charge in [-0.1, -0.05) is 30.3 Å². The molecular formula is C25H30N2O6S. The molecule has 0 aliphatic carbocycles. The number of nitrogens with one attached hydrogen (secondary N) is 1. The lowest BCUT2D eigenvalue weighted by Crippen LogP contribution is -2.27. The number of sulfonamides is 1. The number of carbonyl (C=O) groups is 2. The van der Waals surface area contributed by atoms with Crippen LogP contribution in [0.5, 0.6) is 0 Å². The number of hydrogen-bond acceptors (Lipinski definition) is 6. The van der Waals surface area contributed by atoms with Crippen molar-refractivity contribution >= 4 is 32.5 Å². The highest BCUT2D eigenvalue weighted by Crippen LogP contribution is 2.19. The highest BCUT2D eigenvalue weighted by atomic mass is 32.2. The smallest absolute Gasteiger partial charge is 0.307 e. The van der Waals surface area contributed by atoms with Crippen LogP contribution in [-0.2, 0) is 30.8 Å². The van der Waals surface area contributed by atoms with E-state index in [-0.39, 0.29) is 23.6 Å². The van der Waals surface area contributed by atoms with Gasteiger partial charge in [-0.15, -0.1) is 0 Å². The summed E-state index contributed by atoms with van der Waals surface area (Å²) >= 11 is 0. The van der Waals surface area contributed by atoms with Crippen molar-refractivity contribution in [1.29, 1.82) is 0 Å². The van der Waals surface area contributed by atoms with Crippen LogP contribution >= 0.6 is 0 Å². The second-order valence-electron chi connectivity index (χ2n) is 8.02. The van der Waals surface area contributed by atoms with Crippen LogP contribution in [0.4, 0.5) is 0 Å². The minimum atomic E-state index is -3.78. The van der Waals surface area contributed by atoms with Gasteiger partial charge in [0.25, 0.3) is 0 Å². The standard InChI is InChI=1S/C25H30N2O6S/c1-18-15-23(19(2)27(18)13-6-14-32-3)24(28)17-33-25(29)11-12-26-34(30,31)22-10-9-20-7-4-5-8-21(20)16-22/h4-5,7-10,15-16,26H,6,11-14,17H2,1-3H3. The van der Waals surface area contributed by atoms with E-state index < -0.39 is 22.6 Å². The molecule has 1 aromatic heterocycles. The number of hydrogen-bond donors (Lipinski definition) is 1. The van der Waals surface area contributed by atoms with Gasteiger partial charge in [-0.05, 0) is 49.2 Å². The third kappa shape index (κ3) is 6.31. The molecule has 34 heavy (non-hydrogen) atoms. The number of methoxy groups -OCH3 is 1. The van der Waals surface area contributed by atoms with E-state index in [1.54, 1.807) is 25.3 Å². The molecule has 0 atom stereocenters. The van der Waals surface area contributed by atoms with E-state index >= 15 is 0 Å². The van der Waals surface area contributed by atoms with Gasteiger partial charge in [-0.3, -0.25) is 9.59 Å². The summed E-state index contributed by atoms with van der Waals surface area (Å²) in [6.45, 7) is 4.62. The summed E-state index contributed by atoms with van der Waals surface area (Å²) in [5.74, 6) is -0.945. The fourth-order valence-corrected chi connectivity index (χ4v) is 4.86. The van der Waals surface area contributed by atoms with Gasteiger partial charge in [0.2, 0.25) is 15.8 Å². The number of aromatic nitrogens is 1. The number of ether oxygens (including phenoxy) is 2. The van der Waals surface area contributed by atoms with Gasteiger partial charge in [-0.2, -0.15) is 0 Å². The number of rotatable bonds is 12. The van der Waals surface area contributed by atoms with Gasteiger partial charge in [0.15, 0.2) is 6.61 Å². The van der Waals surface area contributed by atoms with Gasteiger partial charge in [-0.25, -0.2) is 13.1 Å². The Balaban J connectivity index is 1.49. The molecular weight excluding hydrogens is 456 g/mol. The molecule has 8 nitrogen and oxygen atoms in total. The summed E-state index contributed by atoms with van der Waals surface area (Å²) in [6.07, 6.45) is 0.640. The molecule has 0 spiro atoms. The van der Waals surface area contributed by atoms with Crippen molar-refractivity contribution in [2.45, 2.75) is 38.1 Å². The van der Waals surface area contributed by atoms with Crippen molar-refractivity contribution in [2.75, 3.05) is 26.9 Å². The maximum absolute atomic E-state index is 12.6. The normalized spacial score (nSPS) is 11.6. The van der Waals surface area contributed by atoms with Crippen molar-refractivity contribution in [3.8, 4) is 0 Å². The zero-order valence-electron chi connectivity index (χ0n) is 19.7. The van der Waals surface area contributed by atoms with E-state index in [0.29, 0.717) is 12.2 Å². The molecule has 3 aromatic rings. The zero-order valence-corrected chi connectivity index (χ0v) is 20.5. The Kier molecular flexibility index (Phi) is 8.60. The maximum atomic E-state index is 12.6. The first-order chi connectivity index (χ1) is 16.2. The molecule has 0 aliphatic heterocycles. The summed E-state index contributed by atoms with van der Waals surface area (Å²) in [4.78, 5) is 24.8. The summed E-state index contributed by atoms with van der Waals surface area (Å²) in [5.41, 5.74) is 2.28. The Morgan fingerprint density at radius 2 is 1.76 bits per heavy atom. The van der Waals surface area contributed by atoms with Crippen molar-refractivity contribution in [1.82, 2.24) is 9.29 Å². The predicted molar refractivity (Wildman–Crippen MR) is 129 cm³/mol. The van der Waals surface area contributed by atoms with Crippen LogP contribution in [0.25, 0.3) is 10.8 Å². The lowest BCUT2D eigenvalue weighted by Gasteiger charge is -2.10. The Morgan fingerprint density at radius 3 is 2.50 bits per heavy atom. The topological polar surface area (TPSA) is 104 Å². The summed E-state index contributed by atoms with van der Waals surface area (Å²) in [7, 11) is -2.13. The molecule has 1 N–H and O–H groups in total. The summed E-state index contributed by atoms with van der Waals surface area (Å²) in [5, 5.41) is 1.74. The van der Waals surface area contributed by atoms with Crippen molar-refractivity contribution < 1.29 is 27.5 Å². The number of nitrogens with zero attached hydrogens (tertiary/aromatic N) is 1. The van der Waals surface area contributed by atoms with Crippen LogP contribution in [0.2, 0.25) is 0 Å². The first kappa shape index (κ1) is 25.6. The van der Waals surface area contributed by atoms with Crippen LogP contribution < -0.4 is 4.72 Å². The number of carbonyl (C=O) groups excluding carboxylic acids is 2. The zero-order chi connectivity index (χ0) is 24.7. The monoisotopic (exact) mass is 486 g/mol. The number of Topliss-reactive ketones (excluding diaryl/α,β-unsaturated/α-hetero) is 1. The lowest BCUT2D eigenvalue weighted by atomic mass is 10.1. The number of fused-ring (bicyclic) bond motifs is 1. The van der Waals surface area contributed by atoms with E-state index in [1.807, 2.05) is 42.7 Å². The lowest BCUT2D eigenvalue weighted by molar-refractivity contribution is -0.142. The van der Waals surface area contributed by atoms with E-state index in [1.165, 1.54) is 6.07 Å². The van der Waals surface area contributed by atoms with Gasteiger partial charge in [0.05, 0.1) is 11.3 Å². The third-order valence-electron chi connectivity index (χ3n) is 5.62.